The van der Waals surface area contributed by atoms with Gasteiger partial charge < -0.3 is 14.6 Å². The van der Waals surface area contributed by atoms with Gasteiger partial charge in [-0.25, -0.2) is 13.1 Å². The van der Waals surface area contributed by atoms with Crippen LogP contribution in [0.25, 0.3) is 21.8 Å². The lowest BCUT2D eigenvalue weighted by molar-refractivity contribution is -0.147. The molecule has 0 fully saturated rings. The molecule has 182 valence electrons. The minimum absolute atomic E-state index is 0.129. The minimum Gasteiger partial charge on any atom is -0.456 e. The average Bonchev–Trinajstić information content (AvgIpc) is 3.15. The van der Waals surface area contributed by atoms with Crippen LogP contribution in [0, 0.1) is 6.92 Å². The number of rotatable bonds is 9. The molecule has 9 heteroatoms. The standard InChI is InChI=1S/C26H27N3O5S/c1-3-29-23-10-5-4-9-21(23)22-16-19(11-12-24(22)29)28-25(30)17-34-26(31)13-14-27-35(32,33)20-8-6-7-18(2)15-20/h4-12,15-16,27H,3,13-14,17H2,1-2H3,(H,28,30). The fourth-order valence-electron chi connectivity index (χ4n) is 4.04. The van der Waals surface area contributed by atoms with E-state index in [0.29, 0.717) is 5.69 Å². The van der Waals surface area contributed by atoms with Crippen LogP contribution in [-0.4, -0.2) is 38.0 Å². The molecule has 0 saturated heterocycles. The van der Waals surface area contributed by atoms with E-state index < -0.39 is 28.5 Å². The Hall–Kier alpha value is -3.69. The molecule has 0 aliphatic carbocycles. The quantitative estimate of drug-likeness (QED) is 0.343. The van der Waals surface area contributed by atoms with Crippen LogP contribution in [-0.2, 0) is 30.9 Å². The highest BCUT2D eigenvalue weighted by atomic mass is 32.2. The summed E-state index contributed by atoms with van der Waals surface area (Å²) < 4.78 is 34.2. The predicted molar refractivity (Wildman–Crippen MR) is 136 cm³/mol. The molecule has 4 aromatic rings. The first-order valence-electron chi connectivity index (χ1n) is 11.3. The lowest BCUT2D eigenvalue weighted by Gasteiger charge is -2.09. The maximum absolute atomic E-state index is 12.3. The van der Waals surface area contributed by atoms with Crippen molar-refractivity contribution in [1.82, 2.24) is 9.29 Å². The van der Waals surface area contributed by atoms with Gasteiger partial charge in [0.1, 0.15) is 0 Å². The normalized spacial score (nSPS) is 11.6. The summed E-state index contributed by atoms with van der Waals surface area (Å²) in [5, 5.41) is 4.87. The molecule has 3 aromatic carbocycles. The van der Waals surface area contributed by atoms with Crippen molar-refractivity contribution in [2.75, 3.05) is 18.5 Å². The van der Waals surface area contributed by atoms with Crippen LogP contribution in [0.2, 0.25) is 0 Å². The van der Waals surface area contributed by atoms with Gasteiger partial charge in [-0.3, -0.25) is 9.59 Å². The molecule has 1 heterocycles. The van der Waals surface area contributed by atoms with Gasteiger partial charge in [0.15, 0.2) is 6.61 Å². The van der Waals surface area contributed by atoms with E-state index in [1.54, 1.807) is 25.1 Å². The van der Waals surface area contributed by atoms with Gasteiger partial charge in [0.2, 0.25) is 10.0 Å². The monoisotopic (exact) mass is 493 g/mol. The zero-order valence-corrected chi connectivity index (χ0v) is 20.4. The summed E-state index contributed by atoms with van der Waals surface area (Å²) in [6.45, 7) is 4.12. The number of sulfonamides is 1. The Morgan fingerprint density at radius 2 is 1.71 bits per heavy atom. The maximum atomic E-state index is 12.3. The predicted octanol–water partition coefficient (Wildman–Crippen LogP) is 3.97. The number of para-hydroxylation sites is 1. The number of benzene rings is 3. The summed E-state index contributed by atoms with van der Waals surface area (Å²) in [4.78, 5) is 24.4. The van der Waals surface area contributed by atoms with Crippen LogP contribution < -0.4 is 10.0 Å². The zero-order valence-electron chi connectivity index (χ0n) is 19.6. The zero-order chi connectivity index (χ0) is 25.0. The van der Waals surface area contributed by atoms with Gasteiger partial charge in [-0.1, -0.05) is 30.3 Å². The number of amides is 1. The van der Waals surface area contributed by atoms with Gasteiger partial charge in [-0.05, 0) is 55.8 Å². The fraction of sp³-hybridized carbons (Fsp3) is 0.231. The molecule has 0 atom stereocenters. The second-order valence-electron chi connectivity index (χ2n) is 8.17. The van der Waals surface area contributed by atoms with Crippen molar-refractivity contribution in [3.8, 4) is 0 Å². The van der Waals surface area contributed by atoms with Gasteiger partial charge in [0, 0.05) is 40.6 Å². The summed E-state index contributed by atoms with van der Waals surface area (Å²) in [6, 6.07) is 20.2. The van der Waals surface area contributed by atoms with Crippen LogP contribution in [0.1, 0.15) is 18.9 Å². The Kier molecular flexibility index (Phi) is 7.18. The van der Waals surface area contributed by atoms with E-state index in [1.807, 2.05) is 36.4 Å². The number of hydrogen-bond acceptors (Lipinski definition) is 5. The lowest BCUT2D eigenvalue weighted by Crippen LogP contribution is -2.28. The molecule has 0 spiro atoms. The first-order valence-corrected chi connectivity index (χ1v) is 12.8. The van der Waals surface area contributed by atoms with Crippen LogP contribution in [0.3, 0.4) is 0 Å². The summed E-state index contributed by atoms with van der Waals surface area (Å²) >= 11 is 0. The van der Waals surface area contributed by atoms with Crippen LogP contribution >= 0.6 is 0 Å². The number of fused-ring (bicyclic) bond motifs is 3. The summed E-state index contributed by atoms with van der Waals surface area (Å²) in [7, 11) is -3.72. The molecule has 0 bridgehead atoms. The van der Waals surface area contributed by atoms with Gasteiger partial charge >= 0.3 is 5.97 Å². The largest absolute Gasteiger partial charge is 0.456 e. The number of nitrogens with zero attached hydrogens (tertiary/aromatic N) is 1. The maximum Gasteiger partial charge on any atom is 0.307 e. The Bertz CT molecular complexity index is 1510. The summed E-state index contributed by atoms with van der Waals surface area (Å²) in [6.07, 6.45) is -0.194. The van der Waals surface area contributed by atoms with E-state index in [0.717, 1.165) is 33.9 Å². The molecule has 35 heavy (non-hydrogen) atoms. The Morgan fingerprint density at radius 3 is 2.49 bits per heavy atom. The topological polar surface area (TPSA) is 106 Å². The Morgan fingerprint density at radius 1 is 0.943 bits per heavy atom. The van der Waals surface area contributed by atoms with Crippen molar-refractivity contribution in [2.45, 2.75) is 31.7 Å². The molecule has 1 amide bonds. The van der Waals surface area contributed by atoms with Crippen LogP contribution in [0.4, 0.5) is 5.69 Å². The van der Waals surface area contributed by atoms with Gasteiger partial charge in [0.05, 0.1) is 11.3 Å². The van der Waals surface area contributed by atoms with Crippen LogP contribution in [0.5, 0.6) is 0 Å². The molecule has 1 aromatic heterocycles. The third kappa shape index (κ3) is 5.52. The van der Waals surface area contributed by atoms with E-state index in [4.69, 9.17) is 4.74 Å². The number of ether oxygens (including phenoxy) is 1. The SMILES string of the molecule is CCn1c2ccccc2c2cc(NC(=O)COC(=O)CCNS(=O)(=O)c3cccc(C)c3)ccc21. The van der Waals surface area contributed by atoms with E-state index in [2.05, 4.69) is 27.6 Å². The number of esters is 1. The van der Waals surface area contributed by atoms with Crippen molar-refractivity contribution >= 4 is 49.4 Å². The third-order valence-corrected chi connectivity index (χ3v) is 7.12. The molecular formula is C26H27N3O5S. The molecule has 8 nitrogen and oxygen atoms in total. The lowest BCUT2D eigenvalue weighted by atomic mass is 10.1. The summed E-state index contributed by atoms with van der Waals surface area (Å²) in [5.74, 6) is -1.15. The smallest absolute Gasteiger partial charge is 0.307 e. The molecular weight excluding hydrogens is 466 g/mol. The second-order valence-corrected chi connectivity index (χ2v) is 9.93. The molecule has 0 unspecified atom stereocenters. The number of nitrogens with one attached hydrogen (secondary N) is 2. The highest BCUT2D eigenvalue weighted by Crippen LogP contribution is 2.30. The highest BCUT2D eigenvalue weighted by molar-refractivity contribution is 7.89. The van der Waals surface area contributed by atoms with E-state index in [1.165, 1.54) is 6.07 Å². The number of aromatic nitrogens is 1. The number of aryl methyl sites for hydroxylation is 2. The van der Waals surface area contributed by atoms with Crippen molar-refractivity contribution in [3.63, 3.8) is 0 Å². The van der Waals surface area contributed by atoms with Crippen LogP contribution in [0.15, 0.2) is 71.6 Å². The minimum atomic E-state index is -3.72. The third-order valence-electron chi connectivity index (χ3n) is 5.66. The Labute approximate surface area is 203 Å². The first kappa shape index (κ1) is 24.4. The molecule has 4 rings (SSSR count). The van der Waals surface area contributed by atoms with Gasteiger partial charge in [-0.15, -0.1) is 0 Å². The number of anilines is 1. The molecule has 0 aliphatic rings. The Balaban J connectivity index is 1.30. The molecule has 0 saturated carbocycles. The van der Waals surface area contributed by atoms with E-state index >= 15 is 0 Å². The second kappa shape index (κ2) is 10.3. The molecule has 0 aliphatic heterocycles. The fourth-order valence-corrected chi connectivity index (χ4v) is 5.18. The molecule has 0 radical (unpaired) electrons. The average molecular weight is 494 g/mol. The number of carbonyl (C=O) groups is 2. The first-order chi connectivity index (χ1) is 16.8. The van der Waals surface area contributed by atoms with Crippen molar-refractivity contribution < 1.29 is 22.7 Å². The van der Waals surface area contributed by atoms with Crippen molar-refractivity contribution in [2.24, 2.45) is 0 Å². The van der Waals surface area contributed by atoms with E-state index in [9.17, 15) is 18.0 Å². The van der Waals surface area contributed by atoms with Crippen molar-refractivity contribution in [3.05, 3.63) is 72.3 Å². The van der Waals surface area contributed by atoms with Gasteiger partial charge in [-0.2, -0.15) is 0 Å². The van der Waals surface area contributed by atoms with Gasteiger partial charge in [0.25, 0.3) is 5.91 Å². The number of carbonyl (C=O) groups excluding carboxylic acids is 2. The summed E-state index contributed by atoms with van der Waals surface area (Å²) in [5.41, 5.74) is 3.61. The van der Waals surface area contributed by atoms with Crippen molar-refractivity contribution in [1.29, 1.82) is 0 Å². The molecule has 2 N–H and O–H groups in total. The highest BCUT2D eigenvalue weighted by Gasteiger charge is 2.16. The van der Waals surface area contributed by atoms with E-state index in [-0.39, 0.29) is 17.9 Å². The number of hydrogen-bond donors (Lipinski definition) is 2.